The molecule has 1 aliphatic rings. The number of amides is 1. The molecule has 0 bridgehead atoms. The van der Waals surface area contributed by atoms with Gasteiger partial charge >= 0.3 is 12.1 Å². The molecule has 0 radical (unpaired) electrons. The fraction of sp³-hybridized carbons (Fsp3) is 0.647. The van der Waals surface area contributed by atoms with Crippen LogP contribution in [-0.4, -0.2) is 25.3 Å². The normalized spacial score (nSPS) is 15.0. The number of alkyl carbamates (subject to hydrolysis) is 1. The SMILES string of the molecule is CCOC(=O)COC(=O)NC1=C(C(C)C)CCC=C1C(C)C. The first-order chi connectivity index (χ1) is 10.4. The van der Waals surface area contributed by atoms with Crippen molar-refractivity contribution >= 4 is 12.1 Å². The molecule has 0 aliphatic heterocycles. The van der Waals surface area contributed by atoms with Gasteiger partial charge in [0.15, 0.2) is 6.61 Å². The summed E-state index contributed by atoms with van der Waals surface area (Å²) in [5.74, 6) is 0.121. The van der Waals surface area contributed by atoms with Crippen LogP contribution >= 0.6 is 0 Å². The van der Waals surface area contributed by atoms with Gasteiger partial charge in [0.2, 0.25) is 0 Å². The van der Waals surface area contributed by atoms with Gasteiger partial charge in [0.1, 0.15) is 0 Å². The predicted molar refractivity (Wildman–Crippen MR) is 85.1 cm³/mol. The summed E-state index contributed by atoms with van der Waals surface area (Å²) >= 11 is 0. The fourth-order valence-corrected chi connectivity index (χ4v) is 2.52. The van der Waals surface area contributed by atoms with E-state index in [0.717, 1.165) is 24.1 Å². The van der Waals surface area contributed by atoms with Gasteiger partial charge in [-0.05, 0) is 42.7 Å². The zero-order chi connectivity index (χ0) is 16.7. The number of allylic oxidation sites excluding steroid dienone is 3. The lowest BCUT2D eigenvalue weighted by Crippen LogP contribution is -2.31. The Morgan fingerprint density at radius 2 is 1.86 bits per heavy atom. The van der Waals surface area contributed by atoms with Crippen molar-refractivity contribution in [1.29, 1.82) is 0 Å². The van der Waals surface area contributed by atoms with Gasteiger partial charge in [-0.1, -0.05) is 33.8 Å². The summed E-state index contributed by atoms with van der Waals surface area (Å²) in [7, 11) is 0. The molecule has 0 heterocycles. The van der Waals surface area contributed by atoms with E-state index >= 15 is 0 Å². The average Bonchev–Trinajstić information content (AvgIpc) is 2.45. The standard InChI is InChI=1S/C17H27NO4/c1-6-21-15(19)10-22-17(20)18-16-13(11(2)3)8-7-9-14(16)12(4)5/h8,11-12H,6-7,9-10H2,1-5H3,(H,18,20). The Hall–Kier alpha value is -1.78. The van der Waals surface area contributed by atoms with Gasteiger partial charge in [-0.2, -0.15) is 0 Å². The number of nitrogens with one attached hydrogen (secondary N) is 1. The van der Waals surface area contributed by atoms with Crippen LogP contribution < -0.4 is 5.32 Å². The molecule has 0 spiro atoms. The van der Waals surface area contributed by atoms with Gasteiger partial charge in [0.25, 0.3) is 0 Å². The third-order valence-electron chi connectivity index (χ3n) is 3.56. The van der Waals surface area contributed by atoms with Crippen LogP contribution in [0.3, 0.4) is 0 Å². The number of carbonyl (C=O) groups excluding carboxylic acids is 2. The molecule has 124 valence electrons. The molecule has 22 heavy (non-hydrogen) atoms. The van der Waals surface area contributed by atoms with Crippen molar-refractivity contribution in [3.63, 3.8) is 0 Å². The minimum atomic E-state index is -0.616. The van der Waals surface area contributed by atoms with Crippen molar-refractivity contribution in [1.82, 2.24) is 5.32 Å². The predicted octanol–water partition coefficient (Wildman–Crippen LogP) is 3.56. The van der Waals surface area contributed by atoms with Crippen molar-refractivity contribution in [2.24, 2.45) is 11.8 Å². The number of hydrogen-bond acceptors (Lipinski definition) is 4. The number of ether oxygens (including phenoxy) is 2. The van der Waals surface area contributed by atoms with Crippen molar-refractivity contribution in [3.8, 4) is 0 Å². The van der Waals surface area contributed by atoms with Gasteiger partial charge in [-0.15, -0.1) is 0 Å². The van der Waals surface area contributed by atoms with Crippen LogP contribution in [0.25, 0.3) is 0 Å². The Morgan fingerprint density at radius 1 is 1.18 bits per heavy atom. The largest absolute Gasteiger partial charge is 0.463 e. The Morgan fingerprint density at radius 3 is 2.41 bits per heavy atom. The first kappa shape index (κ1) is 18.3. The Balaban J connectivity index is 2.78. The zero-order valence-electron chi connectivity index (χ0n) is 14.2. The molecule has 1 rings (SSSR count). The number of rotatable bonds is 6. The molecular weight excluding hydrogens is 282 g/mol. The maximum absolute atomic E-state index is 12.0. The van der Waals surface area contributed by atoms with E-state index in [1.165, 1.54) is 5.57 Å². The molecular formula is C17H27NO4. The van der Waals surface area contributed by atoms with E-state index in [2.05, 4.69) is 39.1 Å². The summed E-state index contributed by atoms with van der Waals surface area (Å²) in [5.41, 5.74) is 3.20. The number of hydrogen-bond donors (Lipinski definition) is 1. The molecule has 1 aliphatic carbocycles. The highest BCUT2D eigenvalue weighted by atomic mass is 16.6. The van der Waals surface area contributed by atoms with Gasteiger partial charge < -0.3 is 9.47 Å². The summed E-state index contributed by atoms with van der Waals surface area (Å²) in [4.78, 5) is 23.2. The van der Waals surface area contributed by atoms with Gasteiger partial charge in [0.05, 0.1) is 6.61 Å². The molecule has 0 atom stereocenters. The molecule has 1 amide bonds. The lowest BCUT2D eigenvalue weighted by atomic mass is 9.84. The smallest absolute Gasteiger partial charge is 0.412 e. The molecule has 5 heteroatoms. The van der Waals surface area contributed by atoms with E-state index in [1.807, 2.05) is 0 Å². The topological polar surface area (TPSA) is 64.6 Å². The molecule has 5 nitrogen and oxygen atoms in total. The highest BCUT2D eigenvalue weighted by Crippen LogP contribution is 2.32. The molecule has 0 aromatic heterocycles. The van der Waals surface area contributed by atoms with Crippen LogP contribution in [0.5, 0.6) is 0 Å². The molecule has 0 unspecified atom stereocenters. The molecule has 0 aromatic carbocycles. The van der Waals surface area contributed by atoms with Crippen LogP contribution in [0.2, 0.25) is 0 Å². The second-order valence-electron chi connectivity index (χ2n) is 5.91. The minimum absolute atomic E-state index is 0.271. The van der Waals surface area contributed by atoms with E-state index < -0.39 is 12.1 Å². The molecule has 0 aromatic rings. The molecule has 1 N–H and O–H groups in total. The molecule has 0 saturated carbocycles. The van der Waals surface area contributed by atoms with E-state index in [0.29, 0.717) is 11.8 Å². The summed E-state index contributed by atoms with van der Waals surface area (Å²) < 4.78 is 9.66. The van der Waals surface area contributed by atoms with Crippen LogP contribution in [0.15, 0.2) is 22.9 Å². The van der Waals surface area contributed by atoms with E-state index in [9.17, 15) is 9.59 Å². The van der Waals surface area contributed by atoms with Crippen molar-refractivity contribution < 1.29 is 19.1 Å². The Bertz CT molecular complexity index is 475. The van der Waals surface area contributed by atoms with Crippen LogP contribution in [0, 0.1) is 11.8 Å². The Kier molecular flexibility index (Phi) is 7.15. The fourth-order valence-electron chi connectivity index (χ4n) is 2.52. The summed E-state index contributed by atoms with van der Waals surface area (Å²) in [6.07, 6.45) is 3.47. The van der Waals surface area contributed by atoms with Crippen molar-refractivity contribution in [2.75, 3.05) is 13.2 Å². The summed E-state index contributed by atoms with van der Waals surface area (Å²) in [6.45, 7) is 10.0. The van der Waals surface area contributed by atoms with E-state index in [1.54, 1.807) is 6.92 Å². The number of esters is 1. The number of carbonyl (C=O) groups is 2. The molecule has 0 fully saturated rings. The van der Waals surface area contributed by atoms with Crippen LogP contribution in [-0.2, 0) is 14.3 Å². The lowest BCUT2D eigenvalue weighted by molar-refractivity contribution is -0.146. The molecule has 0 saturated heterocycles. The first-order valence-electron chi connectivity index (χ1n) is 7.89. The first-order valence-corrected chi connectivity index (χ1v) is 7.89. The highest BCUT2D eigenvalue weighted by Gasteiger charge is 2.22. The lowest BCUT2D eigenvalue weighted by Gasteiger charge is -2.26. The van der Waals surface area contributed by atoms with Gasteiger partial charge in [0, 0.05) is 5.70 Å². The van der Waals surface area contributed by atoms with Gasteiger partial charge in [-0.25, -0.2) is 9.59 Å². The van der Waals surface area contributed by atoms with E-state index in [-0.39, 0.29) is 13.2 Å². The zero-order valence-corrected chi connectivity index (χ0v) is 14.2. The van der Waals surface area contributed by atoms with Crippen molar-refractivity contribution in [2.45, 2.75) is 47.5 Å². The third-order valence-corrected chi connectivity index (χ3v) is 3.56. The average molecular weight is 309 g/mol. The third kappa shape index (κ3) is 5.20. The van der Waals surface area contributed by atoms with Gasteiger partial charge in [-0.3, -0.25) is 5.32 Å². The monoisotopic (exact) mass is 309 g/mol. The Labute approximate surface area is 132 Å². The highest BCUT2D eigenvalue weighted by molar-refractivity contribution is 5.77. The van der Waals surface area contributed by atoms with E-state index in [4.69, 9.17) is 9.47 Å². The maximum Gasteiger partial charge on any atom is 0.412 e. The van der Waals surface area contributed by atoms with Crippen LogP contribution in [0.1, 0.15) is 47.5 Å². The second-order valence-corrected chi connectivity index (χ2v) is 5.91. The quantitative estimate of drug-likeness (QED) is 0.762. The minimum Gasteiger partial charge on any atom is -0.463 e. The van der Waals surface area contributed by atoms with Crippen molar-refractivity contribution in [3.05, 3.63) is 22.9 Å². The van der Waals surface area contributed by atoms with Crippen LogP contribution in [0.4, 0.5) is 4.79 Å². The summed E-state index contributed by atoms with van der Waals surface area (Å²) in [5, 5.41) is 2.82. The maximum atomic E-state index is 12.0. The summed E-state index contributed by atoms with van der Waals surface area (Å²) in [6, 6.07) is 0. The second kappa shape index (κ2) is 8.61.